The van der Waals surface area contributed by atoms with Crippen LogP contribution < -0.4 is 10.2 Å². The Morgan fingerprint density at radius 2 is 1.88 bits per heavy atom. The van der Waals surface area contributed by atoms with Gasteiger partial charge in [0.25, 0.3) is 5.91 Å². The molecule has 0 radical (unpaired) electrons. The Hall–Kier alpha value is -2.62. The molecule has 0 spiro atoms. The van der Waals surface area contributed by atoms with Gasteiger partial charge in [0.15, 0.2) is 0 Å². The Kier molecular flexibility index (Phi) is 6.55. The van der Waals surface area contributed by atoms with Gasteiger partial charge in [0.05, 0.1) is 12.8 Å². The van der Waals surface area contributed by atoms with Gasteiger partial charge >= 0.3 is 0 Å². The van der Waals surface area contributed by atoms with Crippen molar-refractivity contribution in [2.24, 2.45) is 11.0 Å². The summed E-state index contributed by atoms with van der Waals surface area (Å²) >= 11 is 0. The van der Waals surface area contributed by atoms with Crippen molar-refractivity contribution in [3.63, 3.8) is 0 Å². The summed E-state index contributed by atoms with van der Waals surface area (Å²) in [6.07, 6.45) is 2.65. The average Bonchev–Trinajstić information content (AvgIpc) is 2.56. The Morgan fingerprint density at radius 3 is 2.54 bits per heavy atom. The van der Waals surface area contributed by atoms with Gasteiger partial charge in [0.1, 0.15) is 5.75 Å². The van der Waals surface area contributed by atoms with E-state index in [1.54, 1.807) is 12.3 Å². The highest BCUT2D eigenvalue weighted by Gasteiger charge is 2.06. The molecular weight excluding hydrogens is 300 g/mol. The molecule has 0 atom stereocenters. The lowest BCUT2D eigenvalue weighted by molar-refractivity contribution is 0.0954. The number of rotatable bonds is 7. The third-order valence-corrected chi connectivity index (χ3v) is 3.61. The van der Waals surface area contributed by atoms with Gasteiger partial charge < -0.3 is 4.74 Å². The molecule has 0 bridgehead atoms. The monoisotopic (exact) mass is 324 g/mol. The molecule has 0 aliphatic heterocycles. The van der Waals surface area contributed by atoms with Gasteiger partial charge in [-0.15, -0.1) is 0 Å². The molecule has 0 heterocycles. The lowest BCUT2D eigenvalue weighted by atomic mass is 10.1. The number of aryl methyl sites for hydroxylation is 1. The molecule has 1 N–H and O–H groups in total. The van der Waals surface area contributed by atoms with Gasteiger partial charge in [-0.3, -0.25) is 4.79 Å². The molecule has 0 aliphatic carbocycles. The van der Waals surface area contributed by atoms with Crippen LogP contribution in [0.25, 0.3) is 0 Å². The summed E-state index contributed by atoms with van der Waals surface area (Å²) in [5.74, 6) is 1.27. The van der Waals surface area contributed by atoms with E-state index in [0.29, 0.717) is 11.5 Å². The highest BCUT2D eigenvalue weighted by molar-refractivity contribution is 5.96. The predicted octanol–water partition coefficient (Wildman–Crippen LogP) is 4.18. The minimum atomic E-state index is -0.210. The number of amides is 1. The van der Waals surface area contributed by atoms with Gasteiger partial charge in [-0.05, 0) is 60.7 Å². The van der Waals surface area contributed by atoms with Crippen LogP contribution in [0.1, 0.15) is 41.8 Å². The van der Waals surface area contributed by atoms with Gasteiger partial charge in [0, 0.05) is 5.56 Å². The summed E-state index contributed by atoms with van der Waals surface area (Å²) in [4.78, 5) is 12.0. The average molecular weight is 324 g/mol. The van der Waals surface area contributed by atoms with Crippen molar-refractivity contribution in [3.8, 4) is 5.75 Å². The second-order valence-electron chi connectivity index (χ2n) is 6.11. The fourth-order valence-electron chi connectivity index (χ4n) is 2.12. The number of nitrogens with zero attached hydrogens (tertiary/aromatic N) is 1. The van der Waals surface area contributed by atoms with E-state index < -0.39 is 0 Å². The maximum absolute atomic E-state index is 12.0. The standard InChI is InChI=1S/C20H24N2O2/c1-15(2)12-13-24-18-10-8-17(9-11-18)14-21-22-20(23)19-7-5-4-6-16(19)3/h4-11,14-15H,12-13H2,1-3H3,(H,22,23)/b21-14-. The van der Waals surface area contributed by atoms with Gasteiger partial charge in [-0.1, -0.05) is 32.0 Å². The van der Waals surface area contributed by atoms with Crippen LogP contribution in [0, 0.1) is 12.8 Å². The number of carbonyl (C=O) groups excluding carboxylic acids is 1. The largest absolute Gasteiger partial charge is 0.494 e. The van der Waals surface area contributed by atoms with Crippen molar-refractivity contribution in [2.45, 2.75) is 27.2 Å². The zero-order valence-corrected chi connectivity index (χ0v) is 14.5. The first-order chi connectivity index (χ1) is 11.6. The summed E-state index contributed by atoms with van der Waals surface area (Å²) in [5.41, 5.74) is 5.00. The van der Waals surface area contributed by atoms with E-state index >= 15 is 0 Å². The number of carbonyl (C=O) groups is 1. The Balaban J connectivity index is 1.86. The number of nitrogens with one attached hydrogen (secondary N) is 1. The van der Waals surface area contributed by atoms with Crippen LogP contribution >= 0.6 is 0 Å². The van der Waals surface area contributed by atoms with Gasteiger partial charge in [0.2, 0.25) is 0 Å². The van der Waals surface area contributed by atoms with Crippen LogP contribution in [0.2, 0.25) is 0 Å². The van der Waals surface area contributed by atoms with Crippen LogP contribution in [-0.2, 0) is 0 Å². The van der Waals surface area contributed by atoms with Crippen LogP contribution in [-0.4, -0.2) is 18.7 Å². The van der Waals surface area contributed by atoms with E-state index in [1.165, 1.54) is 0 Å². The molecule has 0 aromatic heterocycles. The Labute approximate surface area is 143 Å². The van der Waals surface area contributed by atoms with Crippen LogP contribution in [0.4, 0.5) is 0 Å². The first-order valence-corrected chi connectivity index (χ1v) is 8.18. The molecule has 2 aromatic rings. The van der Waals surface area contributed by atoms with Crippen molar-refractivity contribution in [2.75, 3.05) is 6.61 Å². The lowest BCUT2D eigenvalue weighted by Gasteiger charge is -2.08. The SMILES string of the molecule is Cc1ccccc1C(=O)N/N=C\c1ccc(OCCC(C)C)cc1. The molecule has 2 rings (SSSR count). The second kappa shape index (κ2) is 8.87. The smallest absolute Gasteiger partial charge is 0.271 e. The third-order valence-electron chi connectivity index (χ3n) is 3.61. The van der Waals surface area contributed by atoms with Crippen molar-refractivity contribution in [1.82, 2.24) is 5.43 Å². The molecule has 1 amide bonds. The maximum atomic E-state index is 12.0. The molecular formula is C20H24N2O2. The van der Waals surface area contributed by atoms with Crippen molar-refractivity contribution >= 4 is 12.1 Å². The van der Waals surface area contributed by atoms with E-state index in [-0.39, 0.29) is 5.91 Å². The summed E-state index contributed by atoms with van der Waals surface area (Å²) in [5, 5.41) is 4.01. The number of hydrogen-bond acceptors (Lipinski definition) is 3. The summed E-state index contributed by atoms with van der Waals surface area (Å²) in [7, 11) is 0. The molecule has 0 saturated carbocycles. The summed E-state index contributed by atoms with van der Waals surface area (Å²) in [6.45, 7) is 6.97. The molecule has 0 fully saturated rings. The van der Waals surface area contributed by atoms with Crippen LogP contribution in [0.5, 0.6) is 5.75 Å². The number of benzene rings is 2. The van der Waals surface area contributed by atoms with Crippen LogP contribution in [0.15, 0.2) is 53.6 Å². The predicted molar refractivity (Wildman–Crippen MR) is 97.6 cm³/mol. The first kappa shape index (κ1) is 17.7. The van der Waals surface area contributed by atoms with Crippen molar-refractivity contribution in [1.29, 1.82) is 0 Å². The Morgan fingerprint density at radius 1 is 1.17 bits per heavy atom. The van der Waals surface area contributed by atoms with E-state index in [2.05, 4.69) is 24.4 Å². The van der Waals surface area contributed by atoms with Crippen molar-refractivity contribution in [3.05, 3.63) is 65.2 Å². The zero-order valence-electron chi connectivity index (χ0n) is 14.5. The summed E-state index contributed by atoms with van der Waals surface area (Å²) < 4.78 is 5.67. The molecule has 4 nitrogen and oxygen atoms in total. The van der Waals surface area contributed by atoms with E-state index in [4.69, 9.17) is 4.74 Å². The molecule has 24 heavy (non-hydrogen) atoms. The van der Waals surface area contributed by atoms with Gasteiger partial charge in [-0.25, -0.2) is 5.43 Å². The van der Waals surface area contributed by atoms with Crippen molar-refractivity contribution < 1.29 is 9.53 Å². The number of ether oxygens (including phenoxy) is 1. The second-order valence-corrected chi connectivity index (χ2v) is 6.11. The fraction of sp³-hybridized carbons (Fsp3) is 0.300. The molecule has 0 aliphatic rings. The normalized spacial score (nSPS) is 11.0. The van der Waals surface area contributed by atoms with Crippen LogP contribution in [0.3, 0.4) is 0 Å². The lowest BCUT2D eigenvalue weighted by Crippen LogP contribution is -2.18. The van der Waals surface area contributed by atoms with E-state index in [9.17, 15) is 4.79 Å². The van der Waals surface area contributed by atoms with E-state index in [1.807, 2.05) is 49.4 Å². The molecule has 4 heteroatoms. The number of hydrazone groups is 1. The minimum absolute atomic E-state index is 0.210. The highest BCUT2D eigenvalue weighted by Crippen LogP contribution is 2.12. The number of hydrogen-bond donors (Lipinski definition) is 1. The first-order valence-electron chi connectivity index (χ1n) is 8.18. The minimum Gasteiger partial charge on any atom is -0.494 e. The maximum Gasteiger partial charge on any atom is 0.271 e. The quantitative estimate of drug-likeness (QED) is 0.613. The fourth-order valence-corrected chi connectivity index (χ4v) is 2.12. The third kappa shape index (κ3) is 5.54. The molecule has 2 aromatic carbocycles. The summed E-state index contributed by atoms with van der Waals surface area (Å²) in [6, 6.07) is 15.1. The zero-order chi connectivity index (χ0) is 17.4. The Bertz CT molecular complexity index is 691. The van der Waals surface area contributed by atoms with E-state index in [0.717, 1.165) is 29.9 Å². The topological polar surface area (TPSA) is 50.7 Å². The molecule has 0 unspecified atom stereocenters. The molecule has 0 saturated heterocycles. The highest BCUT2D eigenvalue weighted by atomic mass is 16.5. The molecule has 126 valence electrons. The van der Waals surface area contributed by atoms with Gasteiger partial charge in [-0.2, -0.15) is 5.10 Å².